The molecule has 2 aliphatic rings. The maximum Gasteiger partial charge on any atom is 0.223 e. The summed E-state index contributed by atoms with van der Waals surface area (Å²) >= 11 is 0. The van der Waals surface area contributed by atoms with Gasteiger partial charge < -0.3 is 9.80 Å². The Balaban J connectivity index is 1.49. The van der Waals surface area contributed by atoms with Gasteiger partial charge in [0, 0.05) is 57.6 Å². The van der Waals surface area contributed by atoms with Crippen LogP contribution in [0.4, 0.5) is 0 Å². The van der Waals surface area contributed by atoms with Gasteiger partial charge in [0.1, 0.15) is 0 Å². The summed E-state index contributed by atoms with van der Waals surface area (Å²) in [5.41, 5.74) is 1.25. The molecule has 1 aromatic rings. The van der Waals surface area contributed by atoms with Crippen molar-refractivity contribution in [2.75, 3.05) is 39.3 Å². The van der Waals surface area contributed by atoms with Gasteiger partial charge in [-0.15, -0.1) is 0 Å². The van der Waals surface area contributed by atoms with Gasteiger partial charge in [-0.25, -0.2) is 0 Å². The zero-order chi connectivity index (χ0) is 16.1. The molecule has 0 radical (unpaired) electrons. The Morgan fingerprint density at radius 1 is 1.26 bits per heavy atom. The highest BCUT2D eigenvalue weighted by Crippen LogP contribution is 2.31. The van der Waals surface area contributed by atoms with E-state index in [1.54, 1.807) is 11.1 Å². The fourth-order valence-electron chi connectivity index (χ4n) is 3.52. The first-order valence-corrected chi connectivity index (χ1v) is 8.39. The molecule has 1 unspecified atom stereocenters. The van der Waals surface area contributed by atoms with Gasteiger partial charge in [-0.2, -0.15) is 0 Å². The SMILES string of the molecule is O=CN1CCN(C(=O)CCN2CCCC2c2cccnc2)CC1. The highest BCUT2D eigenvalue weighted by Gasteiger charge is 2.27. The molecule has 2 amide bonds. The van der Waals surface area contributed by atoms with Gasteiger partial charge in [0.15, 0.2) is 0 Å². The summed E-state index contributed by atoms with van der Waals surface area (Å²) in [6.07, 6.45) is 7.46. The van der Waals surface area contributed by atoms with Crippen LogP contribution in [-0.4, -0.2) is 71.3 Å². The molecule has 6 heteroatoms. The standard InChI is InChI=1S/C17H24N4O2/c22-14-19-9-11-21(12-10-19)17(23)5-8-20-7-2-4-16(20)15-3-1-6-18-13-15/h1,3,6,13-14,16H,2,4-5,7-12H2. The van der Waals surface area contributed by atoms with Gasteiger partial charge in [-0.1, -0.05) is 6.07 Å². The molecule has 2 saturated heterocycles. The summed E-state index contributed by atoms with van der Waals surface area (Å²) in [5, 5.41) is 0. The number of carbonyl (C=O) groups excluding carboxylic acids is 2. The number of piperazine rings is 1. The van der Waals surface area contributed by atoms with Crippen LogP contribution in [0.1, 0.15) is 30.9 Å². The van der Waals surface area contributed by atoms with Crippen molar-refractivity contribution in [1.82, 2.24) is 19.7 Å². The fourth-order valence-corrected chi connectivity index (χ4v) is 3.52. The third-order valence-corrected chi connectivity index (χ3v) is 4.86. The second-order valence-corrected chi connectivity index (χ2v) is 6.25. The number of likely N-dealkylation sites (tertiary alicyclic amines) is 1. The van der Waals surface area contributed by atoms with Crippen molar-refractivity contribution in [3.05, 3.63) is 30.1 Å². The number of amides is 2. The molecular weight excluding hydrogens is 292 g/mol. The molecule has 1 aromatic heterocycles. The lowest BCUT2D eigenvalue weighted by atomic mass is 10.1. The van der Waals surface area contributed by atoms with Crippen molar-refractivity contribution in [2.45, 2.75) is 25.3 Å². The van der Waals surface area contributed by atoms with Gasteiger partial charge in [0.25, 0.3) is 0 Å². The predicted molar refractivity (Wildman–Crippen MR) is 86.6 cm³/mol. The molecule has 0 bridgehead atoms. The van der Waals surface area contributed by atoms with Gasteiger partial charge in [0.05, 0.1) is 0 Å². The Morgan fingerprint density at radius 3 is 2.78 bits per heavy atom. The number of hydrogen-bond acceptors (Lipinski definition) is 4. The first-order valence-electron chi connectivity index (χ1n) is 8.39. The van der Waals surface area contributed by atoms with Crippen molar-refractivity contribution in [1.29, 1.82) is 0 Å². The summed E-state index contributed by atoms with van der Waals surface area (Å²) in [7, 11) is 0. The van der Waals surface area contributed by atoms with Crippen molar-refractivity contribution >= 4 is 12.3 Å². The van der Waals surface area contributed by atoms with E-state index in [1.165, 1.54) is 12.0 Å². The normalized spacial score (nSPS) is 22.3. The van der Waals surface area contributed by atoms with Crippen molar-refractivity contribution in [2.24, 2.45) is 0 Å². The summed E-state index contributed by atoms with van der Waals surface area (Å²) in [4.78, 5) is 33.3. The number of hydrogen-bond donors (Lipinski definition) is 0. The van der Waals surface area contributed by atoms with E-state index >= 15 is 0 Å². The second-order valence-electron chi connectivity index (χ2n) is 6.25. The van der Waals surface area contributed by atoms with Crippen LogP contribution in [0.2, 0.25) is 0 Å². The maximum absolute atomic E-state index is 12.4. The van der Waals surface area contributed by atoms with Crippen molar-refractivity contribution < 1.29 is 9.59 Å². The highest BCUT2D eigenvalue weighted by atomic mass is 16.2. The quantitative estimate of drug-likeness (QED) is 0.758. The molecule has 124 valence electrons. The summed E-state index contributed by atoms with van der Waals surface area (Å²) < 4.78 is 0. The van der Waals surface area contributed by atoms with Crippen LogP contribution in [-0.2, 0) is 9.59 Å². The molecule has 3 heterocycles. The molecule has 2 aliphatic heterocycles. The Kier molecular flexibility index (Phi) is 5.23. The Morgan fingerprint density at radius 2 is 2.09 bits per heavy atom. The minimum Gasteiger partial charge on any atom is -0.342 e. The number of aromatic nitrogens is 1. The summed E-state index contributed by atoms with van der Waals surface area (Å²) in [6, 6.07) is 4.49. The Hall–Kier alpha value is -1.95. The maximum atomic E-state index is 12.4. The largest absolute Gasteiger partial charge is 0.342 e. The molecule has 0 spiro atoms. The summed E-state index contributed by atoms with van der Waals surface area (Å²) in [6.45, 7) is 4.46. The molecule has 2 fully saturated rings. The van der Waals surface area contributed by atoms with E-state index in [0.717, 1.165) is 25.9 Å². The van der Waals surface area contributed by atoms with Crippen LogP contribution in [0.25, 0.3) is 0 Å². The lowest BCUT2D eigenvalue weighted by Gasteiger charge is -2.33. The molecule has 6 nitrogen and oxygen atoms in total. The molecule has 3 rings (SSSR count). The van der Waals surface area contributed by atoms with Crippen LogP contribution in [0, 0.1) is 0 Å². The van der Waals surface area contributed by atoms with E-state index in [4.69, 9.17) is 0 Å². The molecule has 0 N–H and O–H groups in total. The average Bonchev–Trinajstić information content (AvgIpc) is 3.09. The molecule has 1 atom stereocenters. The third-order valence-electron chi connectivity index (χ3n) is 4.86. The molecule has 23 heavy (non-hydrogen) atoms. The van der Waals surface area contributed by atoms with Crippen molar-refractivity contribution in [3.63, 3.8) is 0 Å². The minimum atomic E-state index is 0.201. The molecule has 0 saturated carbocycles. The fraction of sp³-hybridized carbons (Fsp3) is 0.588. The average molecular weight is 316 g/mol. The van der Waals surface area contributed by atoms with Gasteiger partial charge in [-0.3, -0.25) is 19.5 Å². The van der Waals surface area contributed by atoms with E-state index in [9.17, 15) is 9.59 Å². The lowest BCUT2D eigenvalue weighted by Crippen LogP contribution is -2.48. The van der Waals surface area contributed by atoms with E-state index in [1.807, 2.05) is 17.2 Å². The second kappa shape index (κ2) is 7.55. The number of nitrogens with zero attached hydrogens (tertiary/aromatic N) is 4. The highest BCUT2D eigenvalue weighted by molar-refractivity contribution is 5.76. The van der Waals surface area contributed by atoms with Crippen molar-refractivity contribution in [3.8, 4) is 0 Å². The topological polar surface area (TPSA) is 56.8 Å². The van der Waals surface area contributed by atoms with Crippen LogP contribution >= 0.6 is 0 Å². The Labute approximate surface area is 137 Å². The van der Waals surface area contributed by atoms with Crippen LogP contribution < -0.4 is 0 Å². The first kappa shape index (κ1) is 15.9. The molecular formula is C17H24N4O2. The zero-order valence-corrected chi connectivity index (χ0v) is 13.4. The number of rotatable bonds is 5. The predicted octanol–water partition coefficient (Wildman–Crippen LogP) is 0.909. The number of pyridine rings is 1. The third kappa shape index (κ3) is 3.88. The zero-order valence-electron chi connectivity index (χ0n) is 13.4. The monoisotopic (exact) mass is 316 g/mol. The smallest absolute Gasteiger partial charge is 0.223 e. The van der Waals surface area contributed by atoms with E-state index in [0.29, 0.717) is 38.6 Å². The van der Waals surface area contributed by atoms with Crippen LogP contribution in [0.15, 0.2) is 24.5 Å². The van der Waals surface area contributed by atoms with Crippen LogP contribution in [0.3, 0.4) is 0 Å². The number of carbonyl (C=O) groups is 2. The minimum absolute atomic E-state index is 0.201. The van der Waals surface area contributed by atoms with Gasteiger partial charge in [0.2, 0.25) is 12.3 Å². The first-order chi connectivity index (χ1) is 11.3. The Bertz CT molecular complexity index is 529. The van der Waals surface area contributed by atoms with Gasteiger partial charge >= 0.3 is 0 Å². The van der Waals surface area contributed by atoms with E-state index in [-0.39, 0.29) is 5.91 Å². The molecule has 0 aliphatic carbocycles. The van der Waals surface area contributed by atoms with Crippen LogP contribution in [0.5, 0.6) is 0 Å². The lowest BCUT2D eigenvalue weighted by molar-refractivity contribution is -0.135. The van der Waals surface area contributed by atoms with E-state index < -0.39 is 0 Å². The molecule has 0 aromatic carbocycles. The van der Waals surface area contributed by atoms with Gasteiger partial charge in [-0.05, 0) is 31.0 Å². The van der Waals surface area contributed by atoms with E-state index in [2.05, 4.69) is 16.0 Å². The summed E-state index contributed by atoms with van der Waals surface area (Å²) in [5.74, 6) is 0.201.